The highest BCUT2D eigenvalue weighted by molar-refractivity contribution is 7.92. The number of aromatic nitrogens is 2. The van der Waals surface area contributed by atoms with E-state index in [9.17, 15) is 13.2 Å². The van der Waals surface area contributed by atoms with Crippen LogP contribution in [0.25, 0.3) is 21.3 Å². The molecule has 3 aromatic rings. The van der Waals surface area contributed by atoms with E-state index in [0.717, 1.165) is 17.6 Å². The van der Waals surface area contributed by atoms with Crippen molar-refractivity contribution in [2.24, 2.45) is 0 Å². The van der Waals surface area contributed by atoms with E-state index in [1.165, 1.54) is 0 Å². The number of para-hydroxylation sites is 1. The second-order valence-electron chi connectivity index (χ2n) is 3.93. The summed E-state index contributed by atoms with van der Waals surface area (Å²) in [5.41, 5.74) is 0.614. The molecule has 2 aromatic heterocycles. The van der Waals surface area contributed by atoms with Crippen molar-refractivity contribution in [1.29, 1.82) is 0 Å². The Balaban J connectivity index is 2.52. The molecule has 1 N–H and O–H groups in total. The van der Waals surface area contributed by atoms with Gasteiger partial charge in [-0.05, 0) is 12.1 Å². The summed E-state index contributed by atoms with van der Waals surface area (Å²) in [5, 5.41) is 0.510. The van der Waals surface area contributed by atoms with Crippen LogP contribution >= 0.6 is 11.3 Å². The van der Waals surface area contributed by atoms with Crippen molar-refractivity contribution in [3.8, 4) is 0 Å². The molecule has 92 valence electrons. The molecule has 18 heavy (non-hydrogen) atoms. The van der Waals surface area contributed by atoms with Crippen molar-refractivity contribution >= 4 is 42.4 Å². The Morgan fingerprint density at radius 2 is 2.00 bits per heavy atom. The van der Waals surface area contributed by atoms with Gasteiger partial charge in [-0.3, -0.25) is 4.79 Å². The van der Waals surface area contributed by atoms with Gasteiger partial charge in [-0.25, -0.2) is 13.4 Å². The maximum absolute atomic E-state index is 12.2. The van der Waals surface area contributed by atoms with Gasteiger partial charge < -0.3 is 4.98 Å². The highest BCUT2D eigenvalue weighted by atomic mass is 32.2. The lowest BCUT2D eigenvalue weighted by Crippen LogP contribution is -2.04. The number of sulfone groups is 1. The average molecular weight is 280 g/mol. The monoisotopic (exact) mass is 280 g/mol. The summed E-state index contributed by atoms with van der Waals surface area (Å²) in [6, 6.07) is 7.03. The molecule has 2 heterocycles. The van der Waals surface area contributed by atoms with E-state index in [0.29, 0.717) is 15.7 Å². The molecule has 0 aliphatic heterocycles. The Kier molecular flexibility index (Phi) is 2.29. The second-order valence-corrected chi connectivity index (χ2v) is 7.12. The predicted molar refractivity (Wildman–Crippen MR) is 70.9 cm³/mol. The molecule has 0 bridgehead atoms. The zero-order chi connectivity index (χ0) is 12.9. The third kappa shape index (κ3) is 1.63. The minimum absolute atomic E-state index is 0.0406. The number of rotatable bonds is 1. The molecule has 0 aliphatic carbocycles. The fourth-order valence-corrected chi connectivity index (χ4v) is 3.56. The fourth-order valence-electron chi connectivity index (χ4n) is 1.74. The molecule has 0 spiro atoms. The number of nitrogens with one attached hydrogen (secondary N) is 1. The van der Waals surface area contributed by atoms with Crippen LogP contribution in [0.4, 0.5) is 0 Å². The SMILES string of the molecule is CS(=O)(=O)c1nc2c(=O)c3ccccc3[nH]c2s1. The summed E-state index contributed by atoms with van der Waals surface area (Å²) < 4.78 is 22.8. The molecular weight excluding hydrogens is 272 g/mol. The minimum Gasteiger partial charge on any atom is -0.345 e. The first-order chi connectivity index (χ1) is 8.47. The minimum atomic E-state index is -3.39. The lowest BCUT2D eigenvalue weighted by molar-refractivity contribution is 0.601. The number of fused-ring (bicyclic) bond motifs is 2. The Morgan fingerprint density at radius 1 is 1.28 bits per heavy atom. The quantitative estimate of drug-likeness (QED) is 0.733. The molecule has 0 radical (unpaired) electrons. The van der Waals surface area contributed by atoms with E-state index >= 15 is 0 Å². The van der Waals surface area contributed by atoms with Gasteiger partial charge >= 0.3 is 0 Å². The molecule has 0 atom stereocenters. The average Bonchev–Trinajstić information content (AvgIpc) is 2.73. The number of hydrogen-bond donors (Lipinski definition) is 1. The van der Waals surface area contributed by atoms with Gasteiger partial charge in [0, 0.05) is 11.6 Å². The molecule has 0 aliphatic rings. The molecule has 5 nitrogen and oxygen atoms in total. The lowest BCUT2D eigenvalue weighted by Gasteiger charge is -1.95. The summed E-state index contributed by atoms with van der Waals surface area (Å²) in [6.07, 6.45) is 1.08. The smallest absolute Gasteiger partial charge is 0.216 e. The lowest BCUT2D eigenvalue weighted by atomic mass is 10.2. The van der Waals surface area contributed by atoms with Gasteiger partial charge in [-0.15, -0.1) is 0 Å². The Labute approximate surface area is 106 Å². The molecular formula is C11H8N2O3S2. The molecule has 1 aromatic carbocycles. The summed E-state index contributed by atoms with van der Waals surface area (Å²) in [7, 11) is -3.39. The summed E-state index contributed by atoms with van der Waals surface area (Å²) >= 11 is 0.979. The predicted octanol–water partition coefficient (Wildman–Crippen LogP) is 1.54. The van der Waals surface area contributed by atoms with Crippen LogP contribution in [-0.4, -0.2) is 24.6 Å². The van der Waals surface area contributed by atoms with Crippen LogP contribution in [0, 0.1) is 0 Å². The third-order valence-corrected chi connectivity index (χ3v) is 5.21. The number of nitrogens with zero attached hydrogens (tertiary/aromatic N) is 1. The normalized spacial score (nSPS) is 12.3. The van der Waals surface area contributed by atoms with Crippen molar-refractivity contribution in [1.82, 2.24) is 9.97 Å². The van der Waals surface area contributed by atoms with Crippen molar-refractivity contribution in [3.05, 3.63) is 34.5 Å². The third-order valence-electron chi connectivity index (χ3n) is 2.56. The van der Waals surface area contributed by atoms with Crippen LogP contribution < -0.4 is 5.43 Å². The maximum atomic E-state index is 12.2. The molecule has 7 heteroatoms. The molecule has 0 saturated heterocycles. The summed E-state index contributed by atoms with van der Waals surface area (Å²) in [5.74, 6) is 0. The Morgan fingerprint density at radius 3 is 2.72 bits per heavy atom. The first kappa shape index (κ1) is 11.4. The van der Waals surface area contributed by atoms with Gasteiger partial charge in [0.15, 0.2) is 0 Å². The highest BCUT2D eigenvalue weighted by Gasteiger charge is 2.17. The van der Waals surface area contributed by atoms with Gasteiger partial charge in [0.25, 0.3) is 0 Å². The van der Waals surface area contributed by atoms with Crippen LogP contribution in [0.15, 0.2) is 33.4 Å². The number of thiazole rings is 1. The zero-order valence-electron chi connectivity index (χ0n) is 9.30. The molecule has 0 saturated carbocycles. The summed E-state index contributed by atoms with van der Waals surface area (Å²) in [6.45, 7) is 0. The van der Waals surface area contributed by atoms with Crippen LogP contribution in [0.1, 0.15) is 0 Å². The number of hydrogen-bond acceptors (Lipinski definition) is 5. The topological polar surface area (TPSA) is 79.9 Å². The van der Waals surface area contributed by atoms with Gasteiger partial charge in [-0.1, -0.05) is 23.5 Å². The number of H-pyrrole nitrogens is 1. The zero-order valence-corrected chi connectivity index (χ0v) is 10.9. The molecule has 0 fully saturated rings. The first-order valence-electron chi connectivity index (χ1n) is 5.08. The van der Waals surface area contributed by atoms with Crippen LogP contribution in [0.2, 0.25) is 0 Å². The fraction of sp³-hybridized carbons (Fsp3) is 0.0909. The molecule has 3 rings (SSSR count). The standard InChI is InChI=1S/C11H8N2O3S2/c1-18(15,16)11-13-8-9(14)6-4-2-3-5-7(6)12-10(8)17-11/h2-5H,1H3,(H,12,14). The van der Waals surface area contributed by atoms with E-state index in [4.69, 9.17) is 0 Å². The van der Waals surface area contributed by atoms with E-state index in [1.54, 1.807) is 18.2 Å². The van der Waals surface area contributed by atoms with E-state index in [2.05, 4.69) is 9.97 Å². The van der Waals surface area contributed by atoms with E-state index < -0.39 is 9.84 Å². The van der Waals surface area contributed by atoms with Crippen molar-refractivity contribution in [2.75, 3.05) is 6.26 Å². The van der Waals surface area contributed by atoms with Gasteiger partial charge in [0.05, 0.1) is 5.52 Å². The maximum Gasteiger partial charge on any atom is 0.216 e. The number of benzene rings is 1. The van der Waals surface area contributed by atoms with Gasteiger partial charge in [0.2, 0.25) is 19.6 Å². The van der Waals surface area contributed by atoms with Gasteiger partial charge in [-0.2, -0.15) is 0 Å². The summed E-state index contributed by atoms with van der Waals surface area (Å²) in [4.78, 5) is 19.6. The Hall–Kier alpha value is -1.73. The number of pyridine rings is 1. The van der Waals surface area contributed by atoms with Crippen molar-refractivity contribution in [3.63, 3.8) is 0 Å². The molecule has 0 amide bonds. The van der Waals surface area contributed by atoms with Gasteiger partial charge in [0.1, 0.15) is 10.3 Å². The van der Waals surface area contributed by atoms with E-state index in [-0.39, 0.29) is 15.3 Å². The van der Waals surface area contributed by atoms with Crippen LogP contribution in [0.5, 0.6) is 0 Å². The van der Waals surface area contributed by atoms with Crippen LogP contribution in [-0.2, 0) is 9.84 Å². The first-order valence-corrected chi connectivity index (χ1v) is 7.79. The van der Waals surface area contributed by atoms with Crippen molar-refractivity contribution in [2.45, 2.75) is 4.34 Å². The van der Waals surface area contributed by atoms with Crippen molar-refractivity contribution < 1.29 is 8.42 Å². The Bertz CT molecular complexity index is 922. The highest BCUT2D eigenvalue weighted by Crippen LogP contribution is 2.23. The second kappa shape index (κ2) is 3.63. The van der Waals surface area contributed by atoms with Crippen LogP contribution in [0.3, 0.4) is 0 Å². The molecule has 0 unspecified atom stereocenters. The van der Waals surface area contributed by atoms with E-state index in [1.807, 2.05) is 6.07 Å². The largest absolute Gasteiger partial charge is 0.345 e. The number of aromatic amines is 1.